The van der Waals surface area contributed by atoms with E-state index in [2.05, 4.69) is 41.5 Å². The van der Waals surface area contributed by atoms with Crippen molar-refractivity contribution in [2.45, 2.75) is 39.5 Å². The summed E-state index contributed by atoms with van der Waals surface area (Å²) < 4.78 is 10.8. The van der Waals surface area contributed by atoms with E-state index in [1.807, 2.05) is 6.07 Å². The number of rotatable bonds is 8. The van der Waals surface area contributed by atoms with E-state index in [0.717, 1.165) is 49.4 Å². The molecule has 2 heterocycles. The second-order valence-corrected chi connectivity index (χ2v) is 7.29. The van der Waals surface area contributed by atoms with Gasteiger partial charge < -0.3 is 25.0 Å². The van der Waals surface area contributed by atoms with Gasteiger partial charge in [-0.05, 0) is 75.9 Å². The summed E-state index contributed by atoms with van der Waals surface area (Å²) in [7, 11) is 0. The van der Waals surface area contributed by atoms with Gasteiger partial charge in [0.1, 0.15) is 0 Å². The van der Waals surface area contributed by atoms with Crippen LogP contribution in [0.4, 0.5) is 0 Å². The summed E-state index contributed by atoms with van der Waals surface area (Å²) in [5, 5.41) is 6.80. The van der Waals surface area contributed by atoms with Crippen molar-refractivity contribution >= 4 is 29.9 Å². The number of piperidine rings is 1. The molecule has 0 amide bonds. The number of guanidine groups is 1. The van der Waals surface area contributed by atoms with Gasteiger partial charge in [0.25, 0.3) is 0 Å². The molecule has 2 aliphatic rings. The van der Waals surface area contributed by atoms with Crippen LogP contribution in [0.2, 0.25) is 0 Å². The van der Waals surface area contributed by atoms with Crippen molar-refractivity contribution < 1.29 is 9.47 Å². The highest BCUT2D eigenvalue weighted by molar-refractivity contribution is 14.0. The molecule has 6 nitrogen and oxygen atoms in total. The van der Waals surface area contributed by atoms with Crippen LogP contribution in [0.3, 0.4) is 0 Å². The first kappa shape index (κ1) is 23.1. The second kappa shape index (κ2) is 12.4. The maximum absolute atomic E-state index is 5.45. The number of nitrogens with zero attached hydrogens (tertiary/aromatic N) is 2. The Morgan fingerprint density at radius 3 is 2.68 bits per heavy atom. The lowest BCUT2D eigenvalue weighted by Crippen LogP contribution is -2.38. The molecule has 0 unspecified atom stereocenters. The Hall–Kier alpha value is -1.22. The van der Waals surface area contributed by atoms with E-state index in [1.165, 1.54) is 44.5 Å². The van der Waals surface area contributed by atoms with Crippen LogP contribution in [0, 0.1) is 5.92 Å². The zero-order valence-electron chi connectivity index (χ0n) is 17.2. The normalized spacial score (nSPS) is 17.3. The zero-order chi connectivity index (χ0) is 18.9. The van der Waals surface area contributed by atoms with Crippen LogP contribution < -0.4 is 20.1 Å². The Bertz CT molecular complexity index is 618. The Morgan fingerprint density at radius 1 is 1.14 bits per heavy atom. The molecule has 0 bridgehead atoms. The molecule has 1 saturated heterocycles. The molecule has 7 heteroatoms. The third-order valence-corrected chi connectivity index (χ3v) is 5.45. The van der Waals surface area contributed by atoms with Crippen LogP contribution >= 0.6 is 24.0 Å². The van der Waals surface area contributed by atoms with Crippen molar-refractivity contribution in [1.29, 1.82) is 0 Å². The number of hydrogen-bond donors (Lipinski definition) is 2. The number of fused-ring (bicyclic) bond motifs is 1. The monoisotopic (exact) mass is 502 g/mol. The molecule has 28 heavy (non-hydrogen) atoms. The molecular formula is C21H35IN4O2. The minimum atomic E-state index is 0. The lowest BCUT2D eigenvalue weighted by atomic mass is 9.94. The van der Waals surface area contributed by atoms with Crippen LogP contribution in [0.5, 0.6) is 11.5 Å². The molecule has 0 radical (unpaired) electrons. The third kappa shape index (κ3) is 6.99. The van der Waals surface area contributed by atoms with Crippen molar-refractivity contribution in [3.8, 4) is 11.5 Å². The van der Waals surface area contributed by atoms with Crippen LogP contribution in [-0.4, -0.2) is 56.9 Å². The highest BCUT2D eigenvalue weighted by atomic mass is 127. The SMILES string of the molecule is CCNC(=NCCC1CCN(CC)CC1)NCCc1ccc2c(c1)OCO2.I. The molecule has 1 fully saturated rings. The van der Waals surface area contributed by atoms with E-state index in [-0.39, 0.29) is 24.0 Å². The summed E-state index contributed by atoms with van der Waals surface area (Å²) in [6, 6.07) is 6.15. The van der Waals surface area contributed by atoms with E-state index < -0.39 is 0 Å². The van der Waals surface area contributed by atoms with Crippen LogP contribution in [0.25, 0.3) is 0 Å². The number of halogens is 1. The fraction of sp³-hybridized carbons (Fsp3) is 0.667. The van der Waals surface area contributed by atoms with Crippen LogP contribution in [0.15, 0.2) is 23.2 Å². The maximum Gasteiger partial charge on any atom is 0.231 e. The van der Waals surface area contributed by atoms with E-state index in [0.29, 0.717) is 6.79 Å². The van der Waals surface area contributed by atoms with Crippen molar-refractivity contribution in [2.75, 3.05) is 46.1 Å². The topological polar surface area (TPSA) is 58.1 Å². The smallest absolute Gasteiger partial charge is 0.231 e. The number of benzene rings is 1. The molecular weight excluding hydrogens is 467 g/mol. The lowest BCUT2D eigenvalue weighted by Gasteiger charge is -2.30. The molecule has 2 aliphatic heterocycles. The van der Waals surface area contributed by atoms with Gasteiger partial charge in [-0.15, -0.1) is 24.0 Å². The van der Waals surface area contributed by atoms with Crippen molar-refractivity contribution in [2.24, 2.45) is 10.9 Å². The van der Waals surface area contributed by atoms with Gasteiger partial charge in [0, 0.05) is 19.6 Å². The van der Waals surface area contributed by atoms with E-state index in [9.17, 15) is 0 Å². The molecule has 1 aromatic carbocycles. The van der Waals surface area contributed by atoms with Gasteiger partial charge in [0.15, 0.2) is 17.5 Å². The minimum absolute atomic E-state index is 0. The lowest BCUT2D eigenvalue weighted by molar-refractivity contribution is 0.174. The van der Waals surface area contributed by atoms with Crippen molar-refractivity contribution in [3.05, 3.63) is 23.8 Å². The van der Waals surface area contributed by atoms with E-state index in [4.69, 9.17) is 14.5 Å². The van der Waals surface area contributed by atoms with Gasteiger partial charge in [-0.1, -0.05) is 13.0 Å². The quantitative estimate of drug-likeness (QED) is 0.325. The Kier molecular flexibility index (Phi) is 10.2. The van der Waals surface area contributed by atoms with Crippen LogP contribution in [0.1, 0.15) is 38.7 Å². The third-order valence-electron chi connectivity index (χ3n) is 5.45. The fourth-order valence-corrected chi connectivity index (χ4v) is 3.71. The first-order chi connectivity index (χ1) is 13.3. The molecule has 3 rings (SSSR count). The van der Waals surface area contributed by atoms with E-state index >= 15 is 0 Å². The zero-order valence-corrected chi connectivity index (χ0v) is 19.5. The standard InChI is InChI=1S/C21H34N4O2.HI/c1-3-22-21(23-11-7-17-9-13-25(4-2)14-10-17)24-12-8-18-5-6-19-20(15-18)27-16-26-19;/h5-6,15,17H,3-4,7-14,16H2,1-2H3,(H2,22,23,24);1H. The van der Waals surface area contributed by atoms with Gasteiger partial charge in [-0.2, -0.15) is 0 Å². The van der Waals surface area contributed by atoms with Gasteiger partial charge in [-0.25, -0.2) is 0 Å². The Balaban J connectivity index is 0.00000280. The van der Waals surface area contributed by atoms with Gasteiger partial charge >= 0.3 is 0 Å². The largest absolute Gasteiger partial charge is 0.454 e. The molecule has 0 aliphatic carbocycles. The fourth-order valence-electron chi connectivity index (χ4n) is 3.71. The highest BCUT2D eigenvalue weighted by Gasteiger charge is 2.17. The highest BCUT2D eigenvalue weighted by Crippen LogP contribution is 2.32. The van der Waals surface area contributed by atoms with E-state index in [1.54, 1.807) is 0 Å². The first-order valence-corrected chi connectivity index (χ1v) is 10.4. The summed E-state index contributed by atoms with van der Waals surface area (Å²) in [6.07, 6.45) is 4.75. The summed E-state index contributed by atoms with van der Waals surface area (Å²) in [6.45, 7) is 11.0. The Morgan fingerprint density at radius 2 is 1.93 bits per heavy atom. The maximum atomic E-state index is 5.45. The predicted octanol–water partition coefficient (Wildman–Crippen LogP) is 3.25. The van der Waals surface area contributed by atoms with Crippen LogP contribution in [-0.2, 0) is 6.42 Å². The molecule has 1 aromatic rings. The number of nitrogens with one attached hydrogen (secondary N) is 2. The number of aliphatic imine (C=N–C) groups is 1. The molecule has 0 aromatic heterocycles. The summed E-state index contributed by atoms with van der Waals surface area (Å²) in [5.74, 6) is 3.44. The van der Waals surface area contributed by atoms with Crippen molar-refractivity contribution in [1.82, 2.24) is 15.5 Å². The average Bonchev–Trinajstić information content (AvgIpc) is 3.16. The molecule has 0 atom stereocenters. The van der Waals surface area contributed by atoms with Gasteiger partial charge in [0.2, 0.25) is 6.79 Å². The molecule has 0 saturated carbocycles. The molecule has 2 N–H and O–H groups in total. The number of likely N-dealkylation sites (tertiary alicyclic amines) is 1. The summed E-state index contributed by atoms with van der Waals surface area (Å²) in [5.41, 5.74) is 1.24. The van der Waals surface area contributed by atoms with Gasteiger partial charge in [-0.3, -0.25) is 4.99 Å². The first-order valence-electron chi connectivity index (χ1n) is 10.4. The minimum Gasteiger partial charge on any atom is -0.454 e. The summed E-state index contributed by atoms with van der Waals surface area (Å²) >= 11 is 0. The summed E-state index contributed by atoms with van der Waals surface area (Å²) in [4.78, 5) is 7.32. The number of hydrogen-bond acceptors (Lipinski definition) is 4. The predicted molar refractivity (Wildman–Crippen MR) is 125 cm³/mol. The second-order valence-electron chi connectivity index (χ2n) is 7.29. The van der Waals surface area contributed by atoms with Crippen molar-refractivity contribution in [3.63, 3.8) is 0 Å². The Labute approximate surface area is 186 Å². The number of ether oxygens (including phenoxy) is 2. The average molecular weight is 502 g/mol. The molecule has 158 valence electrons. The molecule has 0 spiro atoms. The van der Waals surface area contributed by atoms with Gasteiger partial charge in [0.05, 0.1) is 0 Å².